The monoisotopic (exact) mass is 393 g/mol. The third-order valence-corrected chi connectivity index (χ3v) is 5.83. The second-order valence-electron chi connectivity index (χ2n) is 7.11. The van der Waals surface area contributed by atoms with Gasteiger partial charge in [0.1, 0.15) is 0 Å². The minimum absolute atomic E-state index is 0.232. The Morgan fingerprint density at radius 1 is 1.17 bits per heavy atom. The standard InChI is InChI=1S/C19H28BrN3O/c20-17-2-4-18(5-3-17)23-12-9-16(14-23)13-22-19(24)6-1-15-7-10-21-11-8-15/h2-5,15-16,21H,1,6-14H2,(H,22,24). The summed E-state index contributed by atoms with van der Waals surface area (Å²) in [6, 6.07) is 8.49. The van der Waals surface area contributed by atoms with Gasteiger partial charge in [0.05, 0.1) is 0 Å². The first-order chi connectivity index (χ1) is 11.7. The molecule has 0 aliphatic carbocycles. The van der Waals surface area contributed by atoms with E-state index >= 15 is 0 Å². The van der Waals surface area contributed by atoms with Gasteiger partial charge < -0.3 is 15.5 Å². The number of nitrogens with zero attached hydrogens (tertiary/aromatic N) is 1. The van der Waals surface area contributed by atoms with Gasteiger partial charge in [0.25, 0.3) is 0 Å². The topological polar surface area (TPSA) is 44.4 Å². The van der Waals surface area contributed by atoms with Crippen LogP contribution in [0.5, 0.6) is 0 Å². The SMILES string of the molecule is O=C(CCC1CCNCC1)NCC1CCN(c2ccc(Br)cc2)C1. The number of nitrogens with one attached hydrogen (secondary N) is 2. The number of hydrogen-bond donors (Lipinski definition) is 2. The van der Waals surface area contributed by atoms with Crippen molar-refractivity contribution in [2.24, 2.45) is 11.8 Å². The molecule has 2 aliphatic rings. The van der Waals surface area contributed by atoms with Crippen LogP contribution in [0.3, 0.4) is 0 Å². The Balaban J connectivity index is 1.35. The molecule has 0 saturated carbocycles. The summed E-state index contributed by atoms with van der Waals surface area (Å²) >= 11 is 3.48. The van der Waals surface area contributed by atoms with Crippen LogP contribution in [-0.4, -0.2) is 38.6 Å². The summed E-state index contributed by atoms with van der Waals surface area (Å²) in [6.07, 6.45) is 5.33. The maximum absolute atomic E-state index is 12.1. The summed E-state index contributed by atoms with van der Waals surface area (Å²) in [7, 11) is 0. The smallest absolute Gasteiger partial charge is 0.220 e. The number of carbonyl (C=O) groups excluding carboxylic acids is 1. The highest BCUT2D eigenvalue weighted by Gasteiger charge is 2.23. The summed E-state index contributed by atoms with van der Waals surface area (Å²) in [5.41, 5.74) is 1.28. The Morgan fingerprint density at radius 3 is 2.67 bits per heavy atom. The van der Waals surface area contributed by atoms with E-state index < -0.39 is 0 Å². The molecule has 1 aromatic rings. The number of piperidine rings is 1. The zero-order valence-electron chi connectivity index (χ0n) is 14.3. The molecule has 2 saturated heterocycles. The molecule has 2 aliphatic heterocycles. The van der Waals surface area contributed by atoms with Gasteiger partial charge >= 0.3 is 0 Å². The molecule has 2 heterocycles. The van der Waals surface area contributed by atoms with E-state index in [2.05, 4.69) is 55.7 Å². The van der Waals surface area contributed by atoms with Crippen molar-refractivity contribution in [2.75, 3.05) is 37.6 Å². The van der Waals surface area contributed by atoms with E-state index in [0.29, 0.717) is 12.3 Å². The maximum atomic E-state index is 12.1. The molecule has 0 radical (unpaired) electrons. The van der Waals surface area contributed by atoms with E-state index in [0.717, 1.165) is 56.0 Å². The van der Waals surface area contributed by atoms with Crippen LogP contribution in [0.25, 0.3) is 0 Å². The summed E-state index contributed by atoms with van der Waals surface area (Å²) in [6.45, 7) is 5.16. The minimum atomic E-state index is 0.232. The van der Waals surface area contributed by atoms with Crippen LogP contribution in [0.2, 0.25) is 0 Å². The van der Waals surface area contributed by atoms with Gasteiger partial charge in [-0.25, -0.2) is 0 Å². The number of amides is 1. The van der Waals surface area contributed by atoms with E-state index in [9.17, 15) is 4.79 Å². The van der Waals surface area contributed by atoms with Gasteiger partial charge in [-0.05, 0) is 74.9 Å². The van der Waals surface area contributed by atoms with Crippen molar-refractivity contribution in [2.45, 2.75) is 32.1 Å². The molecule has 0 spiro atoms. The number of benzene rings is 1. The van der Waals surface area contributed by atoms with Crippen molar-refractivity contribution in [1.82, 2.24) is 10.6 Å². The molecule has 1 aromatic carbocycles. The van der Waals surface area contributed by atoms with Crippen molar-refractivity contribution >= 4 is 27.5 Å². The largest absolute Gasteiger partial charge is 0.371 e. The summed E-state index contributed by atoms with van der Waals surface area (Å²) in [4.78, 5) is 14.5. The first-order valence-electron chi connectivity index (χ1n) is 9.18. The van der Waals surface area contributed by atoms with Crippen LogP contribution in [-0.2, 0) is 4.79 Å². The summed E-state index contributed by atoms with van der Waals surface area (Å²) in [5, 5.41) is 6.53. The van der Waals surface area contributed by atoms with Crippen LogP contribution >= 0.6 is 15.9 Å². The molecule has 0 aromatic heterocycles. The van der Waals surface area contributed by atoms with Crippen molar-refractivity contribution in [1.29, 1.82) is 0 Å². The molecule has 1 amide bonds. The molecule has 5 heteroatoms. The van der Waals surface area contributed by atoms with Crippen LogP contribution in [0.1, 0.15) is 32.1 Å². The van der Waals surface area contributed by atoms with Gasteiger partial charge in [0, 0.05) is 36.2 Å². The average molecular weight is 394 g/mol. The lowest BCUT2D eigenvalue weighted by Gasteiger charge is -2.22. The van der Waals surface area contributed by atoms with Crippen LogP contribution in [0.4, 0.5) is 5.69 Å². The van der Waals surface area contributed by atoms with Crippen LogP contribution in [0.15, 0.2) is 28.7 Å². The molecular formula is C19H28BrN3O. The predicted molar refractivity (Wildman–Crippen MR) is 102 cm³/mol. The zero-order valence-corrected chi connectivity index (χ0v) is 15.9. The zero-order chi connectivity index (χ0) is 16.8. The van der Waals surface area contributed by atoms with Crippen molar-refractivity contribution in [3.8, 4) is 0 Å². The number of carbonyl (C=O) groups is 1. The fourth-order valence-corrected chi connectivity index (χ4v) is 4.00. The molecule has 132 valence electrons. The number of rotatable bonds is 6. The first kappa shape index (κ1) is 17.7. The number of anilines is 1. The van der Waals surface area contributed by atoms with Crippen LogP contribution < -0.4 is 15.5 Å². The van der Waals surface area contributed by atoms with E-state index in [1.165, 1.54) is 18.5 Å². The van der Waals surface area contributed by atoms with Gasteiger partial charge in [-0.15, -0.1) is 0 Å². The van der Waals surface area contributed by atoms with Crippen molar-refractivity contribution < 1.29 is 4.79 Å². The van der Waals surface area contributed by atoms with E-state index in [1.807, 2.05) is 0 Å². The third-order valence-electron chi connectivity index (χ3n) is 5.30. The van der Waals surface area contributed by atoms with Gasteiger partial charge in [0.15, 0.2) is 0 Å². The van der Waals surface area contributed by atoms with Gasteiger partial charge in [-0.1, -0.05) is 15.9 Å². The van der Waals surface area contributed by atoms with Gasteiger partial charge in [-0.3, -0.25) is 4.79 Å². The lowest BCUT2D eigenvalue weighted by molar-refractivity contribution is -0.121. The Bertz CT molecular complexity index is 528. The molecule has 0 bridgehead atoms. The molecule has 4 nitrogen and oxygen atoms in total. The molecule has 1 unspecified atom stereocenters. The summed E-state index contributed by atoms with van der Waals surface area (Å²) in [5.74, 6) is 1.53. The van der Waals surface area contributed by atoms with Crippen molar-refractivity contribution in [3.05, 3.63) is 28.7 Å². The third kappa shape index (κ3) is 5.21. The van der Waals surface area contributed by atoms with E-state index in [1.54, 1.807) is 0 Å². The second kappa shape index (κ2) is 8.86. The number of hydrogen-bond acceptors (Lipinski definition) is 3. The van der Waals surface area contributed by atoms with E-state index in [-0.39, 0.29) is 5.91 Å². The molecular weight excluding hydrogens is 366 g/mol. The predicted octanol–water partition coefficient (Wildman–Crippen LogP) is 3.17. The minimum Gasteiger partial charge on any atom is -0.371 e. The average Bonchev–Trinajstić information content (AvgIpc) is 3.09. The normalized spacial score (nSPS) is 21.9. The molecule has 1 atom stereocenters. The first-order valence-corrected chi connectivity index (χ1v) is 9.98. The highest BCUT2D eigenvalue weighted by molar-refractivity contribution is 9.10. The highest BCUT2D eigenvalue weighted by atomic mass is 79.9. The highest BCUT2D eigenvalue weighted by Crippen LogP contribution is 2.25. The Morgan fingerprint density at radius 2 is 1.92 bits per heavy atom. The van der Waals surface area contributed by atoms with Crippen molar-refractivity contribution in [3.63, 3.8) is 0 Å². The second-order valence-corrected chi connectivity index (χ2v) is 8.03. The molecule has 2 fully saturated rings. The molecule has 2 N–H and O–H groups in total. The fraction of sp³-hybridized carbons (Fsp3) is 0.632. The van der Waals surface area contributed by atoms with Gasteiger partial charge in [0.2, 0.25) is 5.91 Å². The lowest BCUT2D eigenvalue weighted by atomic mass is 9.93. The van der Waals surface area contributed by atoms with Crippen LogP contribution in [0, 0.1) is 11.8 Å². The van der Waals surface area contributed by atoms with E-state index in [4.69, 9.17) is 0 Å². The van der Waals surface area contributed by atoms with Gasteiger partial charge in [-0.2, -0.15) is 0 Å². The fourth-order valence-electron chi connectivity index (χ4n) is 3.74. The number of halogens is 1. The molecule has 24 heavy (non-hydrogen) atoms. The quantitative estimate of drug-likeness (QED) is 0.779. The Kier molecular flexibility index (Phi) is 6.55. The Hall–Kier alpha value is -1.07. The molecule has 3 rings (SSSR count). The summed E-state index contributed by atoms with van der Waals surface area (Å²) < 4.78 is 1.11. The Labute approximate surface area is 153 Å². The lowest BCUT2D eigenvalue weighted by Crippen LogP contribution is -2.32. The maximum Gasteiger partial charge on any atom is 0.220 e.